The molecule has 3 nitrogen and oxygen atoms in total. The van der Waals surface area contributed by atoms with Crippen LogP contribution < -0.4 is 4.74 Å². The third-order valence-corrected chi connectivity index (χ3v) is 4.68. The summed E-state index contributed by atoms with van der Waals surface area (Å²) < 4.78 is 5.43. The first-order valence-electron chi connectivity index (χ1n) is 8.64. The smallest absolute Gasteiger partial charge is 0.180 e. The molecule has 0 N–H and O–H groups in total. The van der Waals surface area contributed by atoms with E-state index in [4.69, 9.17) is 4.74 Å². The van der Waals surface area contributed by atoms with E-state index in [1.54, 1.807) is 7.11 Å². The normalized spacial score (nSPS) is 22.9. The van der Waals surface area contributed by atoms with Gasteiger partial charge < -0.3 is 4.74 Å². The number of rotatable bonds is 4. The van der Waals surface area contributed by atoms with Crippen molar-refractivity contribution in [3.05, 3.63) is 29.3 Å². The van der Waals surface area contributed by atoms with Crippen LogP contribution in [-0.4, -0.2) is 37.4 Å². The summed E-state index contributed by atoms with van der Waals surface area (Å²) in [4.78, 5) is 15.2. The number of Topliss-reactive ketones (excluding diaryl/α,β-unsaturated/α-hetero) is 1. The molecule has 0 amide bonds. The van der Waals surface area contributed by atoms with E-state index in [9.17, 15) is 4.79 Å². The van der Waals surface area contributed by atoms with Crippen molar-refractivity contribution in [2.45, 2.75) is 46.5 Å². The largest absolute Gasteiger partial charge is 0.496 e. The second kappa shape index (κ2) is 7.04. The monoisotopic (exact) mass is 317 g/mol. The van der Waals surface area contributed by atoms with Crippen molar-refractivity contribution >= 4 is 5.78 Å². The second-order valence-corrected chi connectivity index (χ2v) is 8.23. The highest BCUT2D eigenvalue weighted by Gasteiger charge is 2.25. The molecule has 1 aliphatic rings. The van der Waals surface area contributed by atoms with Gasteiger partial charge in [0.15, 0.2) is 5.78 Å². The number of carbonyl (C=O) groups excluding carboxylic acids is 1. The molecule has 0 bridgehead atoms. The van der Waals surface area contributed by atoms with Gasteiger partial charge in [-0.2, -0.15) is 0 Å². The van der Waals surface area contributed by atoms with Crippen LogP contribution in [0.1, 0.15) is 57.0 Å². The highest BCUT2D eigenvalue weighted by molar-refractivity contribution is 6.00. The first-order valence-corrected chi connectivity index (χ1v) is 8.64. The summed E-state index contributed by atoms with van der Waals surface area (Å²) in [5, 5.41) is 0. The zero-order valence-electron chi connectivity index (χ0n) is 15.5. The van der Waals surface area contributed by atoms with Crippen LogP contribution in [0.2, 0.25) is 0 Å². The summed E-state index contributed by atoms with van der Waals surface area (Å²) in [6, 6.07) is 5.99. The summed E-state index contributed by atoms with van der Waals surface area (Å²) in [5.74, 6) is 2.17. The predicted octanol–water partition coefficient (Wildman–Crippen LogP) is 4.15. The lowest BCUT2D eigenvalue weighted by Gasteiger charge is -2.34. The van der Waals surface area contributed by atoms with Crippen molar-refractivity contribution in [3.63, 3.8) is 0 Å². The zero-order valence-corrected chi connectivity index (χ0v) is 15.5. The molecule has 1 heterocycles. The Kier molecular flexibility index (Phi) is 5.51. The minimum atomic E-state index is 0.0233. The maximum Gasteiger partial charge on any atom is 0.180 e. The number of ether oxygens (including phenoxy) is 1. The van der Waals surface area contributed by atoms with Crippen LogP contribution >= 0.6 is 0 Å². The minimum absolute atomic E-state index is 0.0233. The molecule has 1 saturated heterocycles. The Morgan fingerprint density at radius 2 is 1.83 bits per heavy atom. The third kappa shape index (κ3) is 4.57. The molecule has 1 fully saturated rings. The van der Waals surface area contributed by atoms with Crippen molar-refractivity contribution in [1.82, 2.24) is 4.90 Å². The molecule has 0 aliphatic carbocycles. The molecule has 1 aromatic rings. The standard InChI is InChI=1S/C20H31NO2/c1-14-9-15(2)12-21(11-14)13-18(22)17-10-16(20(3,4)5)7-8-19(17)23-6/h7-8,10,14-15H,9,11-13H2,1-6H3. The molecular formula is C20H31NO2. The van der Waals surface area contributed by atoms with Crippen molar-refractivity contribution < 1.29 is 9.53 Å². The summed E-state index contributed by atoms with van der Waals surface area (Å²) in [6.45, 7) is 13.5. The number of nitrogens with zero attached hydrogens (tertiary/aromatic N) is 1. The van der Waals surface area contributed by atoms with E-state index < -0.39 is 0 Å². The highest BCUT2D eigenvalue weighted by Crippen LogP contribution is 2.29. The van der Waals surface area contributed by atoms with E-state index in [0.29, 0.717) is 29.7 Å². The molecule has 3 heteroatoms. The fourth-order valence-corrected chi connectivity index (χ4v) is 3.60. The molecular weight excluding hydrogens is 286 g/mol. The van der Waals surface area contributed by atoms with E-state index in [1.807, 2.05) is 12.1 Å². The number of hydrogen-bond acceptors (Lipinski definition) is 3. The van der Waals surface area contributed by atoms with Crippen molar-refractivity contribution in [1.29, 1.82) is 0 Å². The van der Waals surface area contributed by atoms with E-state index in [2.05, 4.69) is 45.6 Å². The van der Waals surface area contributed by atoms with Crippen LogP contribution in [0.15, 0.2) is 18.2 Å². The van der Waals surface area contributed by atoms with Gasteiger partial charge in [-0.3, -0.25) is 9.69 Å². The maximum absolute atomic E-state index is 12.9. The second-order valence-electron chi connectivity index (χ2n) is 8.23. The van der Waals surface area contributed by atoms with E-state index >= 15 is 0 Å². The number of likely N-dealkylation sites (tertiary alicyclic amines) is 1. The zero-order chi connectivity index (χ0) is 17.2. The highest BCUT2D eigenvalue weighted by atomic mass is 16.5. The number of benzene rings is 1. The maximum atomic E-state index is 12.9. The number of hydrogen-bond donors (Lipinski definition) is 0. The van der Waals surface area contributed by atoms with Gasteiger partial charge in [0.25, 0.3) is 0 Å². The number of methoxy groups -OCH3 is 1. The summed E-state index contributed by atoms with van der Waals surface area (Å²) in [5.41, 5.74) is 1.91. The Balaban J connectivity index is 2.20. The number of carbonyl (C=O) groups is 1. The average Bonchev–Trinajstić information content (AvgIpc) is 2.44. The van der Waals surface area contributed by atoms with Crippen LogP contribution in [0.25, 0.3) is 0 Å². The van der Waals surface area contributed by atoms with Gasteiger partial charge in [-0.05, 0) is 41.4 Å². The number of ketones is 1. The van der Waals surface area contributed by atoms with Gasteiger partial charge in [0.1, 0.15) is 5.75 Å². The Morgan fingerprint density at radius 1 is 1.22 bits per heavy atom. The van der Waals surface area contributed by atoms with Crippen LogP contribution in [0.4, 0.5) is 0 Å². The average molecular weight is 317 g/mol. The molecule has 0 spiro atoms. The van der Waals surface area contributed by atoms with Crippen molar-refractivity contribution in [2.24, 2.45) is 11.8 Å². The number of piperidine rings is 1. The quantitative estimate of drug-likeness (QED) is 0.781. The lowest BCUT2D eigenvalue weighted by atomic mass is 9.85. The van der Waals surface area contributed by atoms with Gasteiger partial charge in [0.2, 0.25) is 0 Å². The van der Waals surface area contributed by atoms with Crippen LogP contribution in [0, 0.1) is 11.8 Å². The minimum Gasteiger partial charge on any atom is -0.496 e. The van der Waals surface area contributed by atoms with E-state index in [0.717, 1.165) is 13.1 Å². The van der Waals surface area contributed by atoms with Crippen molar-refractivity contribution in [3.8, 4) is 5.75 Å². The van der Waals surface area contributed by atoms with Crippen LogP contribution in [0.5, 0.6) is 5.75 Å². The molecule has 0 saturated carbocycles. The molecule has 23 heavy (non-hydrogen) atoms. The summed E-state index contributed by atoms with van der Waals surface area (Å²) >= 11 is 0. The topological polar surface area (TPSA) is 29.5 Å². The van der Waals surface area contributed by atoms with Gasteiger partial charge in [-0.1, -0.05) is 40.7 Å². The van der Waals surface area contributed by atoms with Crippen LogP contribution in [0.3, 0.4) is 0 Å². The SMILES string of the molecule is COc1ccc(C(C)(C)C)cc1C(=O)CN1CC(C)CC(C)C1. The van der Waals surface area contributed by atoms with Crippen LogP contribution in [-0.2, 0) is 5.41 Å². The van der Waals surface area contributed by atoms with Gasteiger partial charge in [0.05, 0.1) is 19.2 Å². The molecule has 128 valence electrons. The first-order chi connectivity index (χ1) is 10.7. The Labute approximate surface area is 141 Å². The molecule has 2 atom stereocenters. The first kappa shape index (κ1) is 18.0. The molecule has 1 aliphatic heterocycles. The molecule has 0 aromatic heterocycles. The summed E-state index contributed by atoms with van der Waals surface area (Å²) in [6.07, 6.45) is 1.26. The Bertz CT molecular complexity index is 549. The molecule has 1 aromatic carbocycles. The van der Waals surface area contributed by atoms with Gasteiger partial charge >= 0.3 is 0 Å². The Hall–Kier alpha value is -1.35. The predicted molar refractivity (Wildman–Crippen MR) is 95.4 cm³/mol. The third-order valence-electron chi connectivity index (χ3n) is 4.68. The lowest BCUT2D eigenvalue weighted by molar-refractivity contribution is 0.0846. The van der Waals surface area contributed by atoms with Gasteiger partial charge in [0, 0.05) is 13.1 Å². The van der Waals surface area contributed by atoms with Gasteiger partial charge in [-0.15, -0.1) is 0 Å². The van der Waals surface area contributed by atoms with E-state index in [-0.39, 0.29) is 11.2 Å². The molecule has 2 rings (SSSR count). The lowest BCUT2D eigenvalue weighted by Crippen LogP contribution is -2.41. The fraction of sp³-hybridized carbons (Fsp3) is 0.650. The molecule has 0 radical (unpaired) electrons. The Morgan fingerprint density at radius 3 is 2.35 bits per heavy atom. The summed E-state index contributed by atoms with van der Waals surface area (Å²) in [7, 11) is 1.63. The fourth-order valence-electron chi connectivity index (χ4n) is 3.60. The van der Waals surface area contributed by atoms with Crippen molar-refractivity contribution in [2.75, 3.05) is 26.7 Å². The van der Waals surface area contributed by atoms with E-state index in [1.165, 1.54) is 12.0 Å². The molecule has 2 unspecified atom stereocenters. The van der Waals surface area contributed by atoms with Gasteiger partial charge in [-0.25, -0.2) is 0 Å².